The zero-order valence-electron chi connectivity index (χ0n) is 12.0. The highest BCUT2D eigenvalue weighted by Crippen LogP contribution is 2.18. The first-order valence-electron chi connectivity index (χ1n) is 7.04. The van der Waals surface area contributed by atoms with Crippen LogP contribution in [-0.4, -0.2) is 19.2 Å². The Kier molecular flexibility index (Phi) is 6.37. The fourth-order valence-corrected chi connectivity index (χ4v) is 2.47. The van der Waals surface area contributed by atoms with Gasteiger partial charge in [0.25, 0.3) is 0 Å². The summed E-state index contributed by atoms with van der Waals surface area (Å²) >= 11 is 12.1. The zero-order chi connectivity index (χ0) is 15.1. The lowest BCUT2D eigenvalue weighted by Gasteiger charge is -2.19. The highest BCUT2D eigenvalue weighted by Gasteiger charge is 2.11. The molecule has 0 bridgehead atoms. The largest absolute Gasteiger partial charge is 0.492 e. The molecule has 0 saturated carbocycles. The van der Waals surface area contributed by atoms with Gasteiger partial charge < -0.3 is 10.1 Å². The number of benzene rings is 2. The van der Waals surface area contributed by atoms with Crippen molar-refractivity contribution in [1.82, 2.24) is 5.32 Å². The Hall–Kier alpha value is -1.22. The number of hydrogen-bond acceptors (Lipinski definition) is 2. The maximum absolute atomic E-state index is 6.22. The Morgan fingerprint density at radius 1 is 1.05 bits per heavy atom. The van der Waals surface area contributed by atoms with E-state index < -0.39 is 0 Å². The summed E-state index contributed by atoms with van der Waals surface area (Å²) in [6.45, 7) is 3.56. The highest BCUT2D eigenvalue weighted by atomic mass is 35.5. The molecule has 0 amide bonds. The molecule has 0 fully saturated rings. The van der Waals surface area contributed by atoms with E-state index in [-0.39, 0.29) is 6.04 Å². The Balaban J connectivity index is 1.95. The second-order valence-electron chi connectivity index (χ2n) is 4.82. The van der Waals surface area contributed by atoms with E-state index in [1.54, 1.807) is 0 Å². The summed E-state index contributed by atoms with van der Waals surface area (Å²) in [5, 5.41) is 4.94. The predicted molar refractivity (Wildman–Crippen MR) is 89.6 cm³/mol. The van der Waals surface area contributed by atoms with Gasteiger partial charge in [-0.1, -0.05) is 48.3 Å². The molecule has 0 saturated heterocycles. The van der Waals surface area contributed by atoms with E-state index in [2.05, 4.69) is 18.3 Å². The molecule has 0 aromatic heterocycles. The number of nitrogens with one attached hydrogen (secondary N) is 1. The van der Waals surface area contributed by atoms with Crippen molar-refractivity contribution in [2.45, 2.75) is 19.4 Å². The Morgan fingerprint density at radius 2 is 1.76 bits per heavy atom. The van der Waals surface area contributed by atoms with Gasteiger partial charge >= 0.3 is 0 Å². The molecular formula is C17H19Cl2NO. The van der Waals surface area contributed by atoms with Crippen molar-refractivity contribution in [3.63, 3.8) is 0 Å². The second kappa shape index (κ2) is 8.28. The van der Waals surface area contributed by atoms with Crippen molar-refractivity contribution < 1.29 is 4.74 Å². The number of likely N-dealkylation sites (N-methyl/N-ethyl adjacent to an activating group) is 1. The molecule has 0 heterocycles. The van der Waals surface area contributed by atoms with E-state index in [9.17, 15) is 0 Å². The highest BCUT2D eigenvalue weighted by molar-refractivity contribution is 6.31. The van der Waals surface area contributed by atoms with Crippen LogP contribution in [0.5, 0.6) is 5.75 Å². The normalized spacial score (nSPS) is 12.1. The standard InChI is InChI=1S/C17H19Cl2NO/c1-2-20-15(11-13-5-3-4-6-17(13)19)12-21-16-9-7-14(18)8-10-16/h3-10,15,20H,2,11-12H2,1H3. The molecular weight excluding hydrogens is 305 g/mol. The van der Waals surface area contributed by atoms with E-state index in [4.69, 9.17) is 27.9 Å². The fourth-order valence-electron chi connectivity index (χ4n) is 2.14. The van der Waals surface area contributed by atoms with Gasteiger partial charge in [-0.15, -0.1) is 0 Å². The first kappa shape index (κ1) is 16.2. The average molecular weight is 324 g/mol. The maximum Gasteiger partial charge on any atom is 0.119 e. The van der Waals surface area contributed by atoms with Crippen LogP contribution in [0.15, 0.2) is 48.5 Å². The summed E-state index contributed by atoms with van der Waals surface area (Å²) in [4.78, 5) is 0. The van der Waals surface area contributed by atoms with Gasteiger partial charge in [-0.05, 0) is 48.9 Å². The fraction of sp³-hybridized carbons (Fsp3) is 0.294. The third kappa shape index (κ3) is 5.24. The minimum absolute atomic E-state index is 0.213. The van der Waals surface area contributed by atoms with Gasteiger partial charge in [-0.3, -0.25) is 0 Å². The van der Waals surface area contributed by atoms with Crippen LogP contribution in [0.3, 0.4) is 0 Å². The van der Waals surface area contributed by atoms with Crippen LogP contribution in [0.1, 0.15) is 12.5 Å². The zero-order valence-corrected chi connectivity index (χ0v) is 13.5. The summed E-state index contributed by atoms with van der Waals surface area (Å²) in [6.07, 6.45) is 0.834. The number of ether oxygens (including phenoxy) is 1. The van der Waals surface area contributed by atoms with E-state index in [0.29, 0.717) is 11.6 Å². The summed E-state index contributed by atoms with van der Waals surface area (Å²) in [6, 6.07) is 15.5. The topological polar surface area (TPSA) is 21.3 Å². The van der Waals surface area contributed by atoms with Crippen molar-refractivity contribution in [3.8, 4) is 5.75 Å². The van der Waals surface area contributed by atoms with E-state index in [0.717, 1.165) is 29.3 Å². The molecule has 2 aromatic rings. The number of rotatable bonds is 7. The van der Waals surface area contributed by atoms with E-state index in [1.165, 1.54) is 0 Å². The Labute approximate surface area is 136 Å². The van der Waals surface area contributed by atoms with Crippen molar-refractivity contribution in [2.75, 3.05) is 13.2 Å². The third-order valence-electron chi connectivity index (χ3n) is 3.18. The number of hydrogen-bond donors (Lipinski definition) is 1. The summed E-state index contributed by atoms with van der Waals surface area (Å²) < 4.78 is 5.82. The van der Waals surface area contributed by atoms with Gasteiger partial charge in [0.15, 0.2) is 0 Å². The molecule has 0 spiro atoms. The molecule has 2 aromatic carbocycles. The first-order valence-corrected chi connectivity index (χ1v) is 7.79. The lowest BCUT2D eigenvalue weighted by Crippen LogP contribution is -2.36. The minimum Gasteiger partial charge on any atom is -0.492 e. The molecule has 0 aliphatic rings. The van der Waals surface area contributed by atoms with Crippen LogP contribution in [0.25, 0.3) is 0 Å². The molecule has 1 atom stereocenters. The monoisotopic (exact) mass is 323 g/mol. The molecule has 1 N–H and O–H groups in total. The van der Waals surface area contributed by atoms with Crippen LogP contribution in [-0.2, 0) is 6.42 Å². The van der Waals surface area contributed by atoms with Crippen LogP contribution >= 0.6 is 23.2 Å². The maximum atomic E-state index is 6.22. The summed E-state index contributed by atoms with van der Waals surface area (Å²) in [7, 11) is 0. The van der Waals surface area contributed by atoms with Crippen LogP contribution in [0, 0.1) is 0 Å². The first-order chi connectivity index (χ1) is 10.2. The van der Waals surface area contributed by atoms with Gasteiger partial charge in [-0.2, -0.15) is 0 Å². The van der Waals surface area contributed by atoms with Gasteiger partial charge in [0, 0.05) is 16.1 Å². The molecule has 0 aliphatic heterocycles. The van der Waals surface area contributed by atoms with Crippen molar-refractivity contribution in [1.29, 1.82) is 0 Å². The second-order valence-corrected chi connectivity index (χ2v) is 5.66. The number of halogens is 2. The van der Waals surface area contributed by atoms with Crippen molar-refractivity contribution >= 4 is 23.2 Å². The van der Waals surface area contributed by atoms with Crippen LogP contribution in [0.2, 0.25) is 10.0 Å². The molecule has 1 unspecified atom stereocenters. The van der Waals surface area contributed by atoms with Crippen LogP contribution < -0.4 is 10.1 Å². The minimum atomic E-state index is 0.213. The average Bonchev–Trinajstić information content (AvgIpc) is 2.49. The predicted octanol–water partition coefficient (Wildman–Crippen LogP) is 4.59. The third-order valence-corrected chi connectivity index (χ3v) is 3.80. The molecule has 4 heteroatoms. The van der Waals surface area contributed by atoms with Crippen molar-refractivity contribution in [2.24, 2.45) is 0 Å². The molecule has 0 aliphatic carbocycles. The summed E-state index contributed by atoms with van der Waals surface area (Å²) in [5.41, 5.74) is 1.13. The smallest absolute Gasteiger partial charge is 0.119 e. The van der Waals surface area contributed by atoms with Crippen molar-refractivity contribution in [3.05, 3.63) is 64.1 Å². The van der Waals surface area contributed by atoms with Gasteiger partial charge in [0.1, 0.15) is 12.4 Å². The molecule has 21 heavy (non-hydrogen) atoms. The van der Waals surface area contributed by atoms with E-state index >= 15 is 0 Å². The van der Waals surface area contributed by atoms with Gasteiger partial charge in [0.05, 0.1) is 0 Å². The lowest BCUT2D eigenvalue weighted by atomic mass is 10.1. The molecule has 0 radical (unpaired) electrons. The Bertz CT molecular complexity index is 557. The van der Waals surface area contributed by atoms with Gasteiger partial charge in [0.2, 0.25) is 0 Å². The molecule has 2 nitrogen and oxygen atoms in total. The quantitative estimate of drug-likeness (QED) is 0.804. The molecule has 2 rings (SSSR count). The van der Waals surface area contributed by atoms with E-state index in [1.807, 2.05) is 42.5 Å². The van der Waals surface area contributed by atoms with Gasteiger partial charge in [-0.25, -0.2) is 0 Å². The Morgan fingerprint density at radius 3 is 2.43 bits per heavy atom. The van der Waals surface area contributed by atoms with Crippen LogP contribution in [0.4, 0.5) is 0 Å². The summed E-state index contributed by atoms with van der Waals surface area (Å²) in [5.74, 6) is 0.821. The SMILES string of the molecule is CCNC(COc1ccc(Cl)cc1)Cc1ccccc1Cl. The lowest BCUT2D eigenvalue weighted by molar-refractivity contribution is 0.265. The molecule has 112 valence electrons.